The van der Waals surface area contributed by atoms with Crippen LogP contribution in [-0.4, -0.2) is 48.7 Å². The number of anilines is 1. The summed E-state index contributed by atoms with van der Waals surface area (Å²) in [5.41, 5.74) is 3.25. The van der Waals surface area contributed by atoms with Gasteiger partial charge in [-0.25, -0.2) is 19.7 Å². The molecule has 1 atom stereocenters. The van der Waals surface area contributed by atoms with Gasteiger partial charge < -0.3 is 14.6 Å². The Morgan fingerprint density at radius 2 is 1.84 bits per heavy atom. The molecule has 0 aliphatic heterocycles. The molecule has 0 bridgehead atoms. The van der Waals surface area contributed by atoms with E-state index in [1.165, 1.54) is 50.5 Å². The molecule has 0 saturated heterocycles. The van der Waals surface area contributed by atoms with Crippen molar-refractivity contribution in [1.82, 2.24) is 24.5 Å². The fourth-order valence-electron chi connectivity index (χ4n) is 5.86. The van der Waals surface area contributed by atoms with Crippen molar-refractivity contribution in [2.45, 2.75) is 91.1 Å². The first-order valence-corrected chi connectivity index (χ1v) is 13.9. The van der Waals surface area contributed by atoms with Gasteiger partial charge in [-0.15, -0.1) is 0 Å². The molecular formula is C29H40N6O2. The highest BCUT2D eigenvalue weighted by Crippen LogP contribution is 2.38. The molecule has 2 aliphatic carbocycles. The Balaban J connectivity index is 1.69. The molecule has 0 radical (unpaired) electrons. The molecule has 3 aromatic rings. The molecule has 2 fully saturated rings. The molecule has 0 spiro atoms. The maximum Gasteiger partial charge on any atom is 0.374 e. The van der Waals surface area contributed by atoms with Gasteiger partial charge in [-0.1, -0.05) is 40.0 Å². The Bertz CT molecular complexity index is 1270. The molecule has 37 heavy (non-hydrogen) atoms. The summed E-state index contributed by atoms with van der Waals surface area (Å²) in [5, 5.41) is 9.84. The number of pyridine rings is 1. The van der Waals surface area contributed by atoms with Crippen LogP contribution in [0.15, 0.2) is 18.3 Å². The van der Waals surface area contributed by atoms with Gasteiger partial charge in [0, 0.05) is 25.8 Å². The minimum atomic E-state index is -1.13. The third-order valence-electron chi connectivity index (χ3n) is 8.81. The lowest BCUT2D eigenvalue weighted by Crippen LogP contribution is -2.39. The fraction of sp³-hybridized carbons (Fsp3) is 0.621. The number of carbonyl (C=O) groups is 1. The average Bonchev–Trinajstić information content (AvgIpc) is 3.21. The lowest BCUT2D eigenvalue weighted by atomic mass is 9.80. The number of hydrogen-bond acceptors (Lipinski definition) is 6. The third-order valence-corrected chi connectivity index (χ3v) is 8.81. The van der Waals surface area contributed by atoms with Crippen LogP contribution < -0.4 is 4.90 Å². The second kappa shape index (κ2) is 10.4. The van der Waals surface area contributed by atoms with Crippen LogP contribution in [0, 0.1) is 17.8 Å². The van der Waals surface area contributed by atoms with E-state index in [4.69, 9.17) is 9.97 Å². The Labute approximate surface area is 219 Å². The van der Waals surface area contributed by atoms with Crippen molar-refractivity contribution in [2.75, 3.05) is 11.9 Å². The average molecular weight is 505 g/mol. The van der Waals surface area contributed by atoms with E-state index >= 15 is 0 Å². The molecule has 8 nitrogen and oxygen atoms in total. The first-order chi connectivity index (χ1) is 17.7. The lowest BCUT2D eigenvalue weighted by molar-refractivity contribution is 0.0684. The molecular weight excluding hydrogens is 464 g/mol. The van der Waals surface area contributed by atoms with Crippen LogP contribution in [0.3, 0.4) is 0 Å². The van der Waals surface area contributed by atoms with Gasteiger partial charge in [0.25, 0.3) is 0 Å². The highest BCUT2D eigenvalue weighted by atomic mass is 16.4. The van der Waals surface area contributed by atoms with Gasteiger partial charge in [-0.05, 0) is 74.0 Å². The maximum atomic E-state index is 12.0. The first kappa shape index (κ1) is 25.6. The van der Waals surface area contributed by atoms with E-state index in [-0.39, 0.29) is 11.9 Å². The standard InChI is InChI=1S/C29H40N6O2/c1-17(2)22-13-14-30-23(15-22)27-32-25-24(35(27)16-20-11-9-18(3)10-12-20)28(33-26(31-25)29(36)37)34(5)19(4)21-7-6-8-21/h13-15,17-21H,6-12,16H2,1-5H3,(H,36,37). The van der Waals surface area contributed by atoms with Crippen molar-refractivity contribution in [3.05, 3.63) is 29.7 Å². The highest BCUT2D eigenvalue weighted by molar-refractivity contribution is 5.92. The zero-order valence-electron chi connectivity index (χ0n) is 22.8. The van der Waals surface area contributed by atoms with Gasteiger partial charge in [-0.3, -0.25) is 4.98 Å². The Morgan fingerprint density at radius 1 is 1.11 bits per heavy atom. The third kappa shape index (κ3) is 5.07. The predicted molar refractivity (Wildman–Crippen MR) is 146 cm³/mol. The Morgan fingerprint density at radius 3 is 2.46 bits per heavy atom. The number of carboxylic acids is 1. The van der Waals surface area contributed by atoms with Crippen molar-refractivity contribution in [3.8, 4) is 11.5 Å². The van der Waals surface area contributed by atoms with E-state index in [9.17, 15) is 9.90 Å². The summed E-state index contributed by atoms with van der Waals surface area (Å²) in [4.78, 5) is 32.9. The summed E-state index contributed by atoms with van der Waals surface area (Å²) in [6.07, 6.45) is 10.3. The van der Waals surface area contributed by atoms with E-state index in [1.54, 1.807) is 0 Å². The summed E-state index contributed by atoms with van der Waals surface area (Å²) in [5.74, 6) is 2.31. The predicted octanol–water partition coefficient (Wildman–Crippen LogP) is 6.16. The van der Waals surface area contributed by atoms with E-state index in [0.717, 1.165) is 29.5 Å². The number of hydrogen-bond donors (Lipinski definition) is 1. The maximum absolute atomic E-state index is 12.0. The lowest BCUT2D eigenvalue weighted by Gasteiger charge is -2.38. The topological polar surface area (TPSA) is 97.0 Å². The number of carboxylic acid groups (broad SMARTS) is 1. The second-order valence-corrected chi connectivity index (χ2v) is 11.7. The molecule has 2 aliphatic rings. The van der Waals surface area contributed by atoms with E-state index in [1.807, 2.05) is 19.3 Å². The van der Waals surface area contributed by atoms with E-state index < -0.39 is 5.97 Å². The zero-order chi connectivity index (χ0) is 26.3. The Kier molecular flexibility index (Phi) is 7.19. The molecule has 0 amide bonds. The van der Waals surface area contributed by atoms with Crippen molar-refractivity contribution in [3.63, 3.8) is 0 Å². The van der Waals surface area contributed by atoms with Crippen molar-refractivity contribution in [2.24, 2.45) is 17.8 Å². The highest BCUT2D eigenvalue weighted by Gasteiger charge is 2.32. The van der Waals surface area contributed by atoms with E-state index in [0.29, 0.717) is 29.2 Å². The van der Waals surface area contributed by atoms with Gasteiger partial charge in [0.05, 0.1) is 0 Å². The van der Waals surface area contributed by atoms with Crippen LogP contribution in [0.4, 0.5) is 5.82 Å². The van der Waals surface area contributed by atoms with Crippen LogP contribution in [0.5, 0.6) is 0 Å². The number of rotatable bonds is 8. The van der Waals surface area contributed by atoms with Gasteiger partial charge >= 0.3 is 5.97 Å². The first-order valence-electron chi connectivity index (χ1n) is 13.9. The summed E-state index contributed by atoms with van der Waals surface area (Å²) < 4.78 is 2.24. The molecule has 3 heterocycles. The molecule has 5 rings (SSSR count). The minimum absolute atomic E-state index is 0.207. The molecule has 198 valence electrons. The normalized spacial score (nSPS) is 21.2. The molecule has 0 aromatic carbocycles. The van der Waals surface area contributed by atoms with Crippen LogP contribution in [-0.2, 0) is 6.54 Å². The summed E-state index contributed by atoms with van der Waals surface area (Å²) >= 11 is 0. The van der Waals surface area contributed by atoms with Crippen LogP contribution in [0.1, 0.15) is 94.7 Å². The summed E-state index contributed by atoms with van der Waals surface area (Å²) in [6.45, 7) is 9.71. The quantitative estimate of drug-likeness (QED) is 0.392. The van der Waals surface area contributed by atoms with Gasteiger partial charge in [0.2, 0.25) is 5.82 Å². The number of nitrogens with zero attached hydrogens (tertiary/aromatic N) is 6. The second-order valence-electron chi connectivity index (χ2n) is 11.7. The fourth-order valence-corrected chi connectivity index (χ4v) is 5.86. The Hall–Kier alpha value is -3.03. The van der Waals surface area contributed by atoms with Crippen LogP contribution in [0.2, 0.25) is 0 Å². The monoisotopic (exact) mass is 504 g/mol. The number of aromatic nitrogens is 5. The summed E-state index contributed by atoms with van der Waals surface area (Å²) in [7, 11) is 2.04. The number of aromatic carboxylic acids is 1. The molecule has 2 saturated carbocycles. The summed E-state index contributed by atoms with van der Waals surface area (Å²) in [6, 6.07) is 4.40. The van der Waals surface area contributed by atoms with E-state index in [2.05, 4.69) is 53.2 Å². The van der Waals surface area contributed by atoms with Crippen molar-refractivity contribution >= 4 is 23.0 Å². The molecule has 3 aromatic heterocycles. The largest absolute Gasteiger partial charge is 0.475 e. The van der Waals surface area contributed by atoms with Crippen molar-refractivity contribution < 1.29 is 9.90 Å². The number of imidazole rings is 1. The minimum Gasteiger partial charge on any atom is -0.475 e. The molecule has 8 heteroatoms. The zero-order valence-corrected chi connectivity index (χ0v) is 22.8. The van der Waals surface area contributed by atoms with Gasteiger partial charge in [-0.2, -0.15) is 0 Å². The van der Waals surface area contributed by atoms with Crippen molar-refractivity contribution in [1.29, 1.82) is 0 Å². The SMILES string of the molecule is CC1CCC(Cn2c(-c3cc(C(C)C)ccn3)nc3nc(C(=O)O)nc(N(C)C(C)C4CCC4)c32)CC1. The molecule has 1 unspecified atom stereocenters. The van der Waals surface area contributed by atoms with Gasteiger partial charge in [0.1, 0.15) is 11.2 Å². The molecule has 1 N–H and O–H groups in total. The van der Waals surface area contributed by atoms with Crippen LogP contribution >= 0.6 is 0 Å². The number of fused-ring (bicyclic) bond motifs is 1. The smallest absolute Gasteiger partial charge is 0.374 e. The van der Waals surface area contributed by atoms with Gasteiger partial charge in [0.15, 0.2) is 17.3 Å². The van der Waals surface area contributed by atoms with Crippen LogP contribution in [0.25, 0.3) is 22.7 Å².